The van der Waals surface area contributed by atoms with Crippen molar-refractivity contribution in [1.29, 1.82) is 5.26 Å². The highest BCUT2D eigenvalue weighted by Gasteiger charge is 2.43. The molecule has 1 aliphatic carbocycles. The van der Waals surface area contributed by atoms with Crippen LogP contribution in [0.4, 0.5) is 5.82 Å². The zero-order valence-electron chi connectivity index (χ0n) is 20.0. The van der Waals surface area contributed by atoms with Gasteiger partial charge in [-0.25, -0.2) is 4.98 Å². The summed E-state index contributed by atoms with van der Waals surface area (Å²) in [4.78, 5) is 36.8. The molecule has 2 aromatic rings. The summed E-state index contributed by atoms with van der Waals surface area (Å²) >= 11 is 0. The summed E-state index contributed by atoms with van der Waals surface area (Å²) in [5.41, 5.74) is 8.58. The molecule has 9 heteroatoms. The first-order valence-corrected chi connectivity index (χ1v) is 11.9. The van der Waals surface area contributed by atoms with Crippen LogP contribution in [0.15, 0.2) is 36.9 Å². The molecule has 9 nitrogen and oxygen atoms in total. The second-order valence-electron chi connectivity index (χ2n) is 8.87. The van der Waals surface area contributed by atoms with E-state index in [4.69, 9.17) is 15.7 Å². The summed E-state index contributed by atoms with van der Waals surface area (Å²) in [7, 11) is 0. The molecule has 3 aliphatic rings. The van der Waals surface area contributed by atoms with E-state index in [-0.39, 0.29) is 11.7 Å². The van der Waals surface area contributed by atoms with Crippen LogP contribution in [0.3, 0.4) is 0 Å². The van der Waals surface area contributed by atoms with Crippen molar-refractivity contribution < 1.29 is 14.3 Å². The smallest absolute Gasteiger partial charge is 0.286 e. The lowest BCUT2D eigenvalue weighted by atomic mass is 9.75. The van der Waals surface area contributed by atoms with Gasteiger partial charge in [0.15, 0.2) is 0 Å². The van der Waals surface area contributed by atoms with E-state index in [0.717, 1.165) is 37.7 Å². The van der Waals surface area contributed by atoms with Crippen molar-refractivity contribution in [3.8, 4) is 11.9 Å². The van der Waals surface area contributed by atoms with Crippen LogP contribution in [0.5, 0.6) is 5.88 Å². The summed E-state index contributed by atoms with van der Waals surface area (Å²) in [5.74, 6) is 0.351. The second kappa shape index (κ2) is 10.1. The standard InChI is InChI=1S/C24H27N5O3.C2H3N/c1-2-19(30)28-12-14-29(15-13-28)22-17-9-11-24(32-23(17)27-21(26-22)20(25)31)10-5-7-16-6-3-4-8-18(16)24;1-2-3/h2-4,6,8H,1,5,7,9-15H2,(H2,25,31);1H3. The van der Waals surface area contributed by atoms with Crippen molar-refractivity contribution in [3.05, 3.63) is 59.4 Å². The normalized spacial score (nSPS) is 20.3. The first-order chi connectivity index (χ1) is 16.9. The van der Waals surface area contributed by atoms with Gasteiger partial charge in [0.25, 0.3) is 5.91 Å². The Morgan fingerprint density at radius 1 is 1.17 bits per heavy atom. The summed E-state index contributed by atoms with van der Waals surface area (Å²) in [6, 6.07) is 10.2. The highest BCUT2D eigenvalue weighted by atomic mass is 16.5. The number of amides is 2. The minimum atomic E-state index is -0.679. The molecule has 5 rings (SSSR count). The Bertz CT molecular complexity index is 1180. The average molecular weight is 475 g/mol. The number of benzene rings is 1. The van der Waals surface area contributed by atoms with E-state index < -0.39 is 11.5 Å². The largest absolute Gasteiger partial charge is 0.466 e. The Morgan fingerprint density at radius 3 is 2.57 bits per heavy atom. The number of ether oxygens (including phenoxy) is 1. The Hall–Kier alpha value is -3.93. The first-order valence-electron chi connectivity index (χ1n) is 11.9. The van der Waals surface area contributed by atoms with E-state index >= 15 is 0 Å². The molecule has 1 fully saturated rings. The van der Waals surface area contributed by atoms with Crippen LogP contribution in [0.1, 0.15) is 53.5 Å². The van der Waals surface area contributed by atoms with Gasteiger partial charge in [-0.2, -0.15) is 10.2 Å². The van der Waals surface area contributed by atoms with E-state index in [2.05, 4.69) is 45.7 Å². The Morgan fingerprint density at radius 2 is 1.89 bits per heavy atom. The minimum absolute atomic E-state index is 0.0375. The first kappa shape index (κ1) is 24.2. The fraction of sp³-hybridized carbons (Fsp3) is 0.423. The molecule has 1 aromatic heterocycles. The van der Waals surface area contributed by atoms with Crippen LogP contribution >= 0.6 is 0 Å². The number of aryl methyl sites for hydroxylation is 1. The number of primary amides is 1. The Balaban J connectivity index is 0.000000917. The van der Waals surface area contributed by atoms with Crippen LogP contribution < -0.4 is 15.4 Å². The van der Waals surface area contributed by atoms with Crippen LogP contribution in [0, 0.1) is 11.3 Å². The molecular weight excluding hydrogens is 444 g/mol. The van der Waals surface area contributed by atoms with Gasteiger partial charge in [0.1, 0.15) is 11.4 Å². The molecule has 2 aliphatic heterocycles. The topological polar surface area (TPSA) is 125 Å². The average Bonchev–Trinajstić information content (AvgIpc) is 2.88. The molecule has 2 N–H and O–H groups in total. The van der Waals surface area contributed by atoms with Gasteiger partial charge in [-0.3, -0.25) is 9.59 Å². The van der Waals surface area contributed by atoms with Crippen LogP contribution in [0.25, 0.3) is 0 Å². The third-order valence-corrected chi connectivity index (χ3v) is 6.84. The van der Waals surface area contributed by atoms with Gasteiger partial charge in [-0.15, -0.1) is 0 Å². The molecule has 1 atom stereocenters. The Kier molecular flexibility index (Phi) is 7.01. The SMILES string of the molecule is C=CC(=O)N1CCN(c2nc(C(N)=O)nc3c2CCC2(CCCc4ccccc42)O3)CC1.CC#N. The van der Waals surface area contributed by atoms with Gasteiger partial charge < -0.3 is 20.3 Å². The molecular formula is C26H30N6O3. The number of hydrogen-bond acceptors (Lipinski definition) is 7. The van der Waals surface area contributed by atoms with Crippen LogP contribution in [-0.4, -0.2) is 52.9 Å². The van der Waals surface area contributed by atoms with Crippen molar-refractivity contribution in [2.75, 3.05) is 31.1 Å². The van der Waals surface area contributed by atoms with Crippen molar-refractivity contribution >= 4 is 17.6 Å². The molecule has 182 valence electrons. The monoisotopic (exact) mass is 474 g/mol. The minimum Gasteiger partial charge on any atom is -0.466 e. The van der Waals surface area contributed by atoms with E-state index in [1.165, 1.54) is 24.1 Å². The van der Waals surface area contributed by atoms with Gasteiger partial charge >= 0.3 is 0 Å². The second-order valence-corrected chi connectivity index (χ2v) is 8.87. The van der Waals surface area contributed by atoms with Crippen LogP contribution in [-0.2, 0) is 23.2 Å². The highest BCUT2D eigenvalue weighted by Crippen LogP contribution is 2.47. The van der Waals surface area contributed by atoms with Gasteiger partial charge in [0.05, 0.1) is 11.6 Å². The zero-order chi connectivity index (χ0) is 25.0. The molecule has 1 saturated heterocycles. The number of nitrogens with two attached hydrogens (primary N) is 1. The number of carbonyl (C=O) groups is 2. The number of nitrogens with zero attached hydrogens (tertiary/aromatic N) is 5. The third kappa shape index (κ3) is 4.69. The maximum atomic E-state index is 12.0. The molecule has 0 bridgehead atoms. The van der Waals surface area contributed by atoms with Crippen molar-refractivity contribution in [2.45, 2.75) is 44.6 Å². The maximum absolute atomic E-state index is 12.0. The molecule has 0 radical (unpaired) electrons. The van der Waals surface area contributed by atoms with E-state index in [1.54, 1.807) is 11.0 Å². The lowest BCUT2D eigenvalue weighted by Gasteiger charge is -2.43. The number of anilines is 1. The number of nitriles is 1. The highest BCUT2D eigenvalue weighted by molar-refractivity contribution is 5.89. The van der Waals surface area contributed by atoms with Crippen molar-refractivity contribution in [3.63, 3.8) is 0 Å². The van der Waals surface area contributed by atoms with Gasteiger partial charge in [-0.05, 0) is 49.3 Å². The maximum Gasteiger partial charge on any atom is 0.286 e. The van der Waals surface area contributed by atoms with E-state index in [0.29, 0.717) is 37.9 Å². The van der Waals surface area contributed by atoms with Crippen LogP contribution in [0.2, 0.25) is 0 Å². The molecule has 3 heterocycles. The predicted octanol–water partition coefficient (Wildman–Crippen LogP) is 2.50. The molecule has 1 unspecified atom stereocenters. The molecule has 2 amide bonds. The fourth-order valence-corrected chi connectivity index (χ4v) is 5.21. The van der Waals surface area contributed by atoms with Gasteiger partial charge in [0, 0.05) is 33.1 Å². The summed E-state index contributed by atoms with van der Waals surface area (Å²) in [6.45, 7) is 7.34. The Labute approximate surface area is 205 Å². The lowest BCUT2D eigenvalue weighted by molar-refractivity contribution is -0.126. The predicted molar refractivity (Wildman–Crippen MR) is 131 cm³/mol. The number of aromatic nitrogens is 2. The van der Waals surface area contributed by atoms with Gasteiger partial charge in [0.2, 0.25) is 17.6 Å². The molecule has 0 saturated carbocycles. The van der Waals surface area contributed by atoms with Gasteiger partial charge in [-0.1, -0.05) is 30.8 Å². The third-order valence-electron chi connectivity index (χ3n) is 6.84. The van der Waals surface area contributed by atoms with E-state index in [1.807, 2.05) is 0 Å². The van der Waals surface area contributed by atoms with E-state index in [9.17, 15) is 9.59 Å². The number of piperazine rings is 1. The van der Waals surface area contributed by atoms with Crippen molar-refractivity contribution in [2.24, 2.45) is 5.73 Å². The zero-order valence-corrected chi connectivity index (χ0v) is 20.0. The number of fused-ring (bicyclic) bond motifs is 3. The molecule has 35 heavy (non-hydrogen) atoms. The summed E-state index contributed by atoms with van der Waals surface area (Å²) < 4.78 is 6.62. The van der Waals surface area contributed by atoms with Crippen molar-refractivity contribution in [1.82, 2.24) is 14.9 Å². The molecule has 1 aromatic carbocycles. The lowest BCUT2D eigenvalue weighted by Crippen LogP contribution is -2.49. The number of rotatable bonds is 3. The fourth-order valence-electron chi connectivity index (χ4n) is 5.21. The summed E-state index contributed by atoms with van der Waals surface area (Å²) in [6.07, 6.45) is 5.93. The number of carbonyl (C=O) groups excluding carboxylic acids is 2. The quantitative estimate of drug-likeness (QED) is 0.678. The summed E-state index contributed by atoms with van der Waals surface area (Å²) in [5, 5.41) is 7.32. The number of hydrogen-bond donors (Lipinski definition) is 1. The molecule has 1 spiro atoms.